The smallest absolute Gasteiger partial charge is 0.330 e. The van der Waals surface area contributed by atoms with Gasteiger partial charge in [-0.1, -0.05) is 6.07 Å². The number of hydrogen-bond acceptors (Lipinski definition) is 3. The fourth-order valence-corrected chi connectivity index (χ4v) is 2.23. The maximum Gasteiger partial charge on any atom is 0.330 e. The van der Waals surface area contributed by atoms with Gasteiger partial charge < -0.3 is 4.74 Å². The van der Waals surface area contributed by atoms with Crippen LogP contribution < -0.4 is 5.32 Å². The van der Waals surface area contributed by atoms with Crippen LogP contribution in [0.3, 0.4) is 0 Å². The molecule has 0 heterocycles. The first kappa shape index (κ1) is 15.1. The van der Waals surface area contributed by atoms with E-state index in [0.717, 1.165) is 0 Å². The number of carbonyl (C=O) groups is 1. The SMILES string of the molecule is COC(=O)C(C)(NC(C)C)c1ccc(F)c(Br)c1. The number of hydrogen-bond donors (Lipinski definition) is 1. The van der Waals surface area contributed by atoms with E-state index in [-0.39, 0.29) is 11.9 Å². The van der Waals surface area contributed by atoms with Crippen LogP contribution in [0.4, 0.5) is 4.39 Å². The summed E-state index contributed by atoms with van der Waals surface area (Å²) in [7, 11) is 1.33. The second-order valence-electron chi connectivity index (χ2n) is 4.54. The molecule has 1 atom stereocenters. The quantitative estimate of drug-likeness (QED) is 0.868. The standard InChI is InChI=1S/C13H17BrFNO2/c1-8(2)16-13(3,12(17)18-4)9-5-6-11(15)10(14)7-9/h5-8,16H,1-4H3. The third-order valence-electron chi connectivity index (χ3n) is 2.67. The molecule has 1 N–H and O–H groups in total. The van der Waals surface area contributed by atoms with Crippen LogP contribution >= 0.6 is 15.9 Å². The molecule has 0 aliphatic carbocycles. The van der Waals surface area contributed by atoms with Gasteiger partial charge in [0, 0.05) is 6.04 Å². The molecule has 0 aliphatic heterocycles. The van der Waals surface area contributed by atoms with Gasteiger partial charge in [0.25, 0.3) is 0 Å². The summed E-state index contributed by atoms with van der Waals surface area (Å²) in [6.07, 6.45) is 0. The first-order valence-corrected chi connectivity index (χ1v) is 6.42. The van der Waals surface area contributed by atoms with Crippen LogP contribution in [-0.4, -0.2) is 19.1 Å². The summed E-state index contributed by atoms with van der Waals surface area (Å²) < 4.78 is 18.4. The highest BCUT2D eigenvalue weighted by atomic mass is 79.9. The van der Waals surface area contributed by atoms with Crippen molar-refractivity contribution in [3.63, 3.8) is 0 Å². The minimum absolute atomic E-state index is 0.0814. The monoisotopic (exact) mass is 317 g/mol. The summed E-state index contributed by atoms with van der Waals surface area (Å²) in [5.74, 6) is -0.773. The van der Waals surface area contributed by atoms with E-state index in [1.807, 2.05) is 13.8 Å². The highest BCUT2D eigenvalue weighted by molar-refractivity contribution is 9.10. The topological polar surface area (TPSA) is 38.3 Å². The molecule has 5 heteroatoms. The number of esters is 1. The lowest BCUT2D eigenvalue weighted by Gasteiger charge is -2.30. The third-order valence-corrected chi connectivity index (χ3v) is 3.28. The van der Waals surface area contributed by atoms with Crippen LogP contribution in [0.1, 0.15) is 26.3 Å². The molecule has 0 radical (unpaired) electrons. The minimum Gasteiger partial charge on any atom is -0.467 e. The first-order valence-electron chi connectivity index (χ1n) is 5.63. The van der Waals surface area contributed by atoms with Gasteiger partial charge in [0.1, 0.15) is 11.4 Å². The van der Waals surface area contributed by atoms with Crippen molar-refractivity contribution in [1.82, 2.24) is 5.32 Å². The number of halogens is 2. The number of nitrogens with one attached hydrogen (secondary N) is 1. The van der Waals surface area contributed by atoms with E-state index in [4.69, 9.17) is 4.74 Å². The number of ether oxygens (including phenoxy) is 1. The van der Waals surface area contributed by atoms with E-state index in [1.165, 1.54) is 13.2 Å². The molecule has 0 aliphatic rings. The predicted octanol–water partition coefficient (Wildman–Crippen LogP) is 2.97. The maximum atomic E-state index is 13.2. The summed E-state index contributed by atoms with van der Waals surface area (Å²) in [5, 5.41) is 3.15. The average Bonchev–Trinajstić information content (AvgIpc) is 2.30. The van der Waals surface area contributed by atoms with Gasteiger partial charge in [0.15, 0.2) is 0 Å². The predicted molar refractivity (Wildman–Crippen MR) is 71.7 cm³/mol. The van der Waals surface area contributed by atoms with Crippen molar-refractivity contribution in [2.24, 2.45) is 0 Å². The summed E-state index contributed by atoms with van der Waals surface area (Å²) >= 11 is 3.12. The fraction of sp³-hybridized carbons (Fsp3) is 0.462. The van der Waals surface area contributed by atoms with Gasteiger partial charge in [-0.3, -0.25) is 5.32 Å². The molecule has 0 spiro atoms. The van der Waals surface area contributed by atoms with Gasteiger partial charge in [-0.15, -0.1) is 0 Å². The van der Waals surface area contributed by atoms with Crippen LogP contribution in [0.5, 0.6) is 0 Å². The molecule has 3 nitrogen and oxygen atoms in total. The van der Waals surface area contributed by atoms with E-state index in [1.54, 1.807) is 19.1 Å². The van der Waals surface area contributed by atoms with E-state index < -0.39 is 11.5 Å². The Morgan fingerprint density at radius 1 is 1.50 bits per heavy atom. The Morgan fingerprint density at radius 3 is 2.56 bits per heavy atom. The van der Waals surface area contributed by atoms with Gasteiger partial charge in [0.2, 0.25) is 0 Å². The Balaban J connectivity index is 3.25. The molecule has 0 bridgehead atoms. The maximum absolute atomic E-state index is 13.2. The summed E-state index contributed by atoms with van der Waals surface area (Å²) in [4.78, 5) is 12.0. The zero-order chi connectivity index (χ0) is 13.9. The molecule has 1 rings (SSSR count). The lowest BCUT2D eigenvalue weighted by molar-refractivity contribution is -0.148. The van der Waals surface area contributed by atoms with Gasteiger partial charge in [-0.25, -0.2) is 9.18 Å². The molecule has 1 aromatic carbocycles. The van der Waals surface area contributed by atoms with E-state index >= 15 is 0 Å². The second kappa shape index (κ2) is 5.80. The fourth-order valence-electron chi connectivity index (χ4n) is 1.85. The van der Waals surface area contributed by atoms with Crippen molar-refractivity contribution < 1.29 is 13.9 Å². The molecule has 1 unspecified atom stereocenters. The molecular formula is C13H17BrFNO2. The Hall–Kier alpha value is -0.940. The first-order chi connectivity index (χ1) is 8.31. The normalized spacial score (nSPS) is 14.4. The Labute approximate surface area is 115 Å². The summed E-state index contributed by atoms with van der Waals surface area (Å²) in [6.45, 7) is 5.58. The molecule has 100 valence electrons. The van der Waals surface area contributed by atoms with Crippen LogP contribution in [0.25, 0.3) is 0 Å². The number of benzene rings is 1. The number of methoxy groups -OCH3 is 1. The van der Waals surface area contributed by atoms with E-state index in [0.29, 0.717) is 10.0 Å². The molecule has 0 aromatic heterocycles. The summed E-state index contributed by atoms with van der Waals surface area (Å²) in [5.41, 5.74) is -0.351. The molecule has 0 saturated carbocycles. The van der Waals surface area contributed by atoms with Crippen LogP contribution in [0, 0.1) is 5.82 Å². The van der Waals surface area contributed by atoms with E-state index in [2.05, 4.69) is 21.2 Å². The second-order valence-corrected chi connectivity index (χ2v) is 5.40. The van der Waals surface area contributed by atoms with Crippen molar-refractivity contribution in [1.29, 1.82) is 0 Å². The minimum atomic E-state index is -1.00. The Bertz CT molecular complexity index is 451. The van der Waals surface area contributed by atoms with Crippen molar-refractivity contribution in [3.8, 4) is 0 Å². The van der Waals surface area contributed by atoms with Crippen molar-refractivity contribution in [2.45, 2.75) is 32.4 Å². The van der Waals surface area contributed by atoms with Crippen molar-refractivity contribution in [2.75, 3.05) is 7.11 Å². The summed E-state index contributed by atoms with van der Waals surface area (Å²) in [6, 6.07) is 4.56. The van der Waals surface area contributed by atoms with Crippen molar-refractivity contribution >= 4 is 21.9 Å². The van der Waals surface area contributed by atoms with Crippen LogP contribution in [-0.2, 0) is 15.1 Å². The zero-order valence-electron chi connectivity index (χ0n) is 10.9. The molecule has 18 heavy (non-hydrogen) atoms. The highest BCUT2D eigenvalue weighted by Crippen LogP contribution is 2.27. The Kier molecular flexibility index (Phi) is 4.87. The zero-order valence-corrected chi connectivity index (χ0v) is 12.5. The third kappa shape index (κ3) is 3.09. The van der Waals surface area contributed by atoms with Crippen LogP contribution in [0.15, 0.2) is 22.7 Å². The number of rotatable bonds is 4. The molecule has 0 fully saturated rings. The lowest BCUT2D eigenvalue weighted by atomic mass is 9.91. The van der Waals surface area contributed by atoms with Gasteiger partial charge >= 0.3 is 5.97 Å². The molecular weight excluding hydrogens is 301 g/mol. The molecule has 1 aromatic rings. The van der Waals surface area contributed by atoms with E-state index in [9.17, 15) is 9.18 Å². The number of carbonyl (C=O) groups excluding carboxylic acids is 1. The van der Waals surface area contributed by atoms with Gasteiger partial charge in [-0.05, 0) is 54.4 Å². The molecule has 0 amide bonds. The lowest BCUT2D eigenvalue weighted by Crippen LogP contribution is -2.50. The largest absolute Gasteiger partial charge is 0.467 e. The Morgan fingerprint density at radius 2 is 2.11 bits per heavy atom. The van der Waals surface area contributed by atoms with Crippen molar-refractivity contribution in [3.05, 3.63) is 34.1 Å². The van der Waals surface area contributed by atoms with Gasteiger partial charge in [-0.2, -0.15) is 0 Å². The van der Waals surface area contributed by atoms with Gasteiger partial charge in [0.05, 0.1) is 11.6 Å². The average molecular weight is 318 g/mol. The molecule has 0 saturated heterocycles. The highest BCUT2D eigenvalue weighted by Gasteiger charge is 2.37. The van der Waals surface area contributed by atoms with Crippen LogP contribution in [0.2, 0.25) is 0 Å².